The van der Waals surface area contributed by atoms with Crippen LogP contribution < -0.4 is 10.6 Å². The molecule has 0 radical (unpaired) electrons. The molecule has 2 N–H and O–H groups in total. The highest BCUT2D eigenvalue weighted by Crippen LogP contribution is 2.11. The van der Waals surface area contributed by atoms with Gasteiger partial charge in [0.2, 0.25) is 5.91 Å². The number of hydrogen-bond acceptors (Lipinski definition) is 2. The van der Waals surface area contributed by atoms with Crippen LogP contribution in [0.5, 0.6) is 0 Å². The van der Waals surface area contributed by atoms with Gasteiger partial charge in [-0.15, -0.1) is 0 Å². The van der Waals surface area contributed by atoms with Gasteiger partial charge in [0.05, 0.1) is 0 Å². The van der Waals surface area contributed by atoms with Crippen LogP contribution in [0.4, 0.5) is 0 Å². The van der Waals surface area contributed by atoms with Crippen molar-refractivity contribution in [2.45, 2.75) is 27.2 Å². The Morgan fingerprint density at radius 2 is 2.29 bits per heavy atom. The number of carbonyl (C=O) groups excluding carboxylic acids is 1. The molecule has 0 saturated carbocycles. The Bertz CT molecular complexity index is 238. The number of rotatable bonds is 2. The number of carbonyl (C=O) groups is 1. The van der Waals surface area contributed by atoms with Crippen molar-refractivity contribution in [2.75, 3.05) is 19.6 Å². The average Bonchev–Trinajstić information content (AvgIpc) is 2.14. The van der Waals surface area contributed by atoms with Crippen molar-refractivity contribution < 1.29 is 4.79 Å². The lowest BCUT2D eigenvalue weighted by Crippen LogP contribution is -2.35. The fourth-order valence-electron chi connectivity index (χ4n) is 1.29. The van der Waals surface area contributed by atoms with Crippen LogP contribution >= 0.6 is 0 Å². The van der Waals surface area contributed by atoms with Crippen molar-refractivity contribution >= 4 is 5.91 Å². The Morgan fingerprint density at radius 3 is 2.79 bits per heavy atom. The highest BCUT2D eigenvalue weighted by molar-refractivity contribution is 5.93. The van der Waals surface area contributed by atoms with Crippen LogP contribution in [-0.4, -0.2) is 25.5 Å². The van der Waals surface area contributed by atoms with Gasteiger partial charge in [-0.25, -0.2) is 0 Å². The molecule has 80 valence electrons. The van der Waals surface area contributed by atoms with Gasteiger partial charge in [-0.05, 0) is 18.4 Å². The first-order valence-corrected chi connectivity index (χ1v) is 5.17. The predicted molar refractivity (Wildman–Crippen MR) is 58.0 cm³/mol. The van der Waals surface area contributed by atoms with Crippen LogP contribution in [0.15, 0.2) is 11.6 Å². The van der Waals surface area contributed by atoms with Crippen LogP contribution in [0.3, 0.4) is 0 Å². The van der Waals surface area contributed by atoms with Gasteiger partial charge < -0.3 is 10.6 Å². The molecular formula is C11H20N2O. The van der Waals surface area contributed by atoms with E-state index < -0.39 is 0 Å². The van der Waals surface area contributed by atoms with Crippen molar-refractivity contribution in [3.05, 3.63) is 11.6 Å². The maximum atomic E-state index is 11.6. The summed E-state index contributed by atoms with van der Waals surface area (Å²) in [6.45, 7) is 8.81. The van der Waals surface area contributed by atoms with Crippen molar-refractivity contribution in [3.63, 3.8) is 0 Å². The van der Waals surface area contributed by atoms with Crippen LogP contribution in [0.1, 0.15) is 27.2 Å². The standard InChI is InChI=1S/C11H20N2O/c1-11(2,3)8-13-10(14)9-4-6-12-7-5-9/h4,12H,5-8H2,1-3H3,(H,13,14). The molecule has 0 saturated heterocycles. The van der Waals surface area contributed by atoms with Gasteiger partial charge in [0.25, 0.3) is 0 Å². The first kappa shape index (κ1) is 11.2. The molecule has 0 spiro atoms. The summed E-state index contributed by atoms with van der Waals surface area (Å²) in [5.74, 6) is 0.0985. The summed E-state index contributed by atoms with van der Waals surface area (Å²) in [6, 6.07) is 0. The van der Waals surface area contributed by atoms with E-state index in [9.17, 15) is 4.79 Å². The summed E-state index contributed by atoms with van der Waals surface area (Å²) in [5, 5.41) is 6.14. The highest BCUT2D eigenvalue weighted by atomic mass is 16.1. The Labute approximate surface area is 86.0 Å². The zero-order valence-corrected chi connectivity index (χ0v) is 9.31. The van der Waals surface area contributed by atoms with E-state index in [2.05, 4.69) is 31.4 Å². The van der Waals surface area contributed by atoms with E-state index in [1.165, 1.54) is 0 Å². The van der Waals surface area contributed by atoms with Gasteiger partial charge in [0, 0.05) is 18.7 Å². The summed E-state index contributed by atoms with van der Waals surface area (Å²) >= 11 is 0. The lowest BCUT2D eigenvalue weighted by Gasteiger charge is -2.20. The molecule has 14 heavy (non-hydrogen) atoms. The van der Waals surface area contributed by atoms with Crippen LogP contribution in [0, 0.1) is 5.41 Å². The smallest absolute Gasteiger partial charge is 0.246 e. The van der Waals surface area contributed by atoms with Gasteiger partial charge in [-0.1, -0.05) is 26.8 Å². The lowest BCUT2D eigenvalue weighted by molar-refractivity contribution is -0.118. The van der Waals surface area contributed by atoms with Crippen LogP contribution in [-0.2, 0) is 4.79 Å². The first-order valence-electron chi connectivity index (χ1n) is 5.17. The quantitative estimate of drug-likeness (QED) is 0.693. The molecule has 0 aromatic heterocycles. The van der Waals surface area contributed by atoms with Gasteiger partial charge in [0.15, 0.2) is 0 Å². The largest absolute Gasteiger partial charge is 0.352 e. The summed E-state index contributed by atoms with van der Waals surface area (Å²) in [7, 11) is 0. The van der Waals surface area contributed by atoms with Crippen molar-refractivity contribution in [1.82, 2.24) is 10.6 Å². The molecule has 1 rings (SSSR count). The lowest BCUT2D eigenvalue weighted by atomic mass is 9.96. The van der Waals surface area contributed by atoms with Crippen molar-refractivity contribution in [2.24, 2.45) is 5.41 Å². The molecule has 0 bridgehead atoms. The Morgan fingerprint density at radius 1 is 1.57 bits per heavy atom. The first-order chi connectivity index (χ1) is 6.49. The fraction of sp³-hybridized carbons (Fsp3) is 0.727. The summed E-state index contributed by atoms with van der Waals surface area (Å²) in [4.78, 5) is 11.6. The van der Waals surface area contributed by atoms with E-state index in [1.54, 1.807) is 0 Å². The molecule has 3 nitrogen and oxygen atoms in total. The zero-order valence-electron chi connectivity index (χ0n) is 9.31. The molecule has 1 heterocycles. The van der Waals surface area contributed by atoms with Crippen molar-refractivity contribution in [3.8, 4) is 0 Å². The second-order valence-corrected chi connectivity index (χ2v) is 4.93. The molecule has 1 aliphatic rings. The minimum absolute atomic E-state index is 0.0985. The molecule has 0 aromatic carbocycles. The van der Waals surface area contributed by atoms with E-state index in [0.29, 0.717) is 0 Å². The van der Waals surface area contributed by atoms with E-state index >= 15 is 0 Å². The second-order valence-electron chi connectivity index (χ2n) is 4.93. The predicted octanol–water partition coefficient (Wildman–Crippen LogP) is 1.07. The van der Waals surface area contributed by atoms with Crippen molar-refractivity contribution in [1.29, 1.82) is 0 Å². The highest BCUT2D eigenvalue weighted by Gasteiger charge is 2.15. The molecule has 0 aromatic rings. The maximum Gasteiger partial charge on any atom is 0.246 e. The van der Waals surface area contributed by atoms with E-state index in [0.717, 1.165) is 31.6 Å². The molecule has 0 aliphatic carbocycles. The number of amides is 1. The fourth-order valence-corrected chi connectivity index (χ4v) is 1.29. The maximum absolute atomic E-state index is 11.6. The third-order valence-corrected chi connectivity index (χ3v) is 2.13. The monoisotopic (exact) mass is 196 g/mol. The van der Waals surface area contributed by atoms with Gasteiger partial charge in [-0.3, -0.25) is 4.79 Å². The molecule has 0 fully saturated rings. The Hall–Kier alpha value is -0.830. The molecule has 1 amide bonds. The topological polar surface area (TPSA) is 41.1 Å². The van der Waals surface area contributed by atoms with E-state index in [4.69, 9.17) is 0 Å². The molecule has 1 aliphatic heterocycles. The van der Waals surface area contributed by atoms with Gasteiger partial charge in [-0.2, -0.15) is 0 Å². The third-order valence-electron chi connectivity index (χ3n) is 2.13. The SMILES string of the molecule is CC(C)(C)CNC(=O)C1=CCNCC1. The number of hydrogen-bond donors (Lipinski definition) is 2. The van der Waals surface area contributed by atoms with Crippen LogP contribution in [0.2, 0.25) is 0 Å². The number of nitrogens with one attached hydrogen (secondary N) is 2. The van der Waals surface area contributed by atoms with E-state index in [1.807, 2.05) is 6.08 Å². The molecule has 3 heteroatoms. The minimum Gasteiger partial charge on any atom is -0.352 e. The van der Waals surface area contributed by atoms with Gasteiger partial charge >= 0.3 is 0 Å². The molecule has 0 atom stereocenters. The summed E-state index contributed by atoms with van der Waals surface area (Å²) in [6.07, 6.45) is 2.82. The third kappa shape index (κ3) is 3.92. The molecular weight excluding hydrogens is 176 g/mol. The van der Waals surface area contributed by atoms with Gasteiger partial charge in [0.1, 0.15) is 0 Å². The second kappa shape index (κ2) is 4.60. The zero-order chi connectivity index (χ0) is 10.6. The summed E-state index contributed by atoms with van der Waals surface area (Å²) in [5.41, 5.74) is 1.08. The Kier molecular flexibility index (Phi) is 3.69. The molecule has 0 unspecified atom stereocenters. The van der Waals surface area contributed by atoms with E-state index in [-0.39, 0.29) is 11.3 Å². The Balaban J connectivity index is 2.38. The minimum atomic E-state index is 0.0985. The summed E-state index contributed by atoms with van der Waals surface area (Å²) < 4.78 is 0. The normalized spacial score (nSPS) is 17.5. The van der Waals surface area contributed by atoms with Crippen LogP contribution in [0.25, 0.3) is 0 Å². The average molecular weight is 196 g/mol.